The lowest BCUT2D eigenvalue weighted by Crippen LogP contribution is -2.39. The first kappa shape index (κ1) is 25.1. The lowest BCUT2D eigenvalue weighted by Gasteiger charge is -2.31. The summed E-state index contributed by atoms with van der Waals surface area (Å²) in [7, 11) is -1.83. The highest BCUT2D eigenvalue weighted by atomic mass is 32.2. The molecule has 0 spiro atoms. The number of benzene rings is 1. The van der Waals surface area contributed by atoms with Crippen LogP contribution in [0.2, 0.25) is 0 Å². The number of aromatic nitrogens is 1. The highest BCUT2D eigenvalue weighted by Gasteiger charge is 2.22. The van der Waals surface area contributed by atoms with Gasteiger partial charge in [0.1, 0.15) is 0 Å². The maximum Gasteiger partial charge on any atom is 0.240 e. The average molecular weight is 535 g/mol. The number of sulfonamides is 1. The number of methoxy groups -OCH3 is 1. The number of nitrogens with zero attached hydrogens (tertiary/aromatic N) is 2. The third-order valence-electron chi connectivity index (χ3n) is 7.13. The van der Waals surface area contributed by atoms with Crippen LogP contribution in [-0.2, 0) is 34.1 Å². The molecule has 5 rings (SSSR count). The monoisotopic (exact) mass is 534 g/mol. The SMILES string of the molecule is COCCN1CCC(CNS(=O)(=O)c2ccc3nc(NCc4csc5c4CCCC5)sc3c2)CC1. The fourth-order valence-corrected chi connectivity index (χ4v) is 8.24. The van der Waals surface area contributed by atoms with Gasteiger partial charge in [-0.15, -0.1) is 11.3 Å². The van der Waals surface area contributed by atoms with Gasteiger partial charge in [0.15, 0.2) is 5.13 Å². The van der Waals surface area contributed by atoms with Crippen LogP contribution in [-0.4, -0.2) is 58.2 Å². The van der Waals surface area contributed by atoms with Crippen molar-refractivity contribution in [2.24, 2.45) is 5.92 Å². The first-order valence-corrected chi connectivity index (χ1v) is 15.6. The first-order valence-electron chi connectivity index (χ1n) is 12.5. The van der Waals surface area contributed by atoms with Crippen molar-refractivity contribution in [3.63, 3.8) is 0 Å². The molecule has 10 heteroatoms. The number of likely N-dealkylation sites (tertiary alicyclic amines) is 1. The third kappa shape index (κ3) is 6.06. The van der Waals surface area contributed by atoms with Crippen LogP contribution in [0.15, 0.2) is 28.5 Å². The lowest BCUT2D eigenvalue weighted by molar-refractivity contribution is 0.121. The minimum atomic E-state index is -3.55. The smallest absolute Gasteiger partial charge is 0.240 e. The van der Waals surface area contributed by atoms with Gasteiger partial charge in [0.2, 0.25) is 10.0 Å². The molecule has 3 heterocycles. The van der Waals surface area contributed by atoms with Crippen LogP contribution in [0.4, 0.5) is 5.13 Å². The van der Waals surface area contributed by atoms with Crippen LogP contribution in [0.1, 0.15) is 41.7 Å². The Hall–Kier alpha value is -1.56. The second kappa shape index (κ2) is 11.2. The predicted molar refractivity (Wildman–Crippen MR) is 144 cm³/mol. The van der Waals surface area contributed by atoms with E-state index >= 15 is 0 Å². The molecule has 1 aliphatic heterocycles. The number of thiophene rings is 1. The zero-order valence-corrected chi connectivity index (χ0v) is 22.7. The van der Waals surface area contributed by atoms with Gasteiger partial charge in [-0.3, -0.25) is 0 Å². The fraction of sp³-hybridized carbons (Fsp3) is 0.560. The Morgan fingerprint density at radius 1 is 1.20 bits per heavy atom. The predicted octanol–water partition coefficient (Wildman–Crippen LogP) is 4.49. The molecule has 2 aliphatic rings. The summed E-state index contributed by atoms with van der Waals surface area (Å²) in [4.78, 5) is 8.91. The number of hydrogen-bond donors (Lipinski definition) is 2. The van der Waals surface area contributed by atoms with E-state index in [0.717, 1.165) is 61.0 Å². The molecule has 1 saturated heterocycles. The van der Waals surface area contributed by atoms with Gasteiger partial charge in [0.05, 0.1) is 21.7 Å². The number of rotatable bonds is 10. The normalized spacial score (nSPS) is 17.6. The van der Waals surface area contributed by atoms with E-state index in [0.29, 0.717) is 17.4 Å². The van der Waals surface area contributed by atoms with Crippen LogP contribution < -0.4 is 10.0 Å². The number of aryl methyl sites for hydroxylation is 1. The van der Waals surface area contributed by atoms with Crippen LogP contribution in [0.5, 0.6) is 0 Å². The summed E-state index contributed by atoms with van der Waals surface area (Å²) in [5.74, 6) is 0.370. The van der Waals surface area contributed by atoms with Gasteiger partial charge in [0, 0.05) is 31.6 Å². The van der Waals surface area contributed by atoms with Crippen molar-refractivity contribution < 1.29 is 13.2 Å². The van der Waals surface area contributed by atoms with Gasteiger partial charge in [-0.1, -0.05) is 11.3 Å². The van der Waals surface area contributed by atoms with E-state index in [4.69, 9.17) is 4.74 Å². The van der Waals surface area contributed by atoms with Crippen LogP contribution in [0, 0.1) is 5.92 Å². The number of fused-ring (bicyclic) bond motifs is 2. The average Bonchev–Trinajstić information content (AvgIpc) is 3.48. The number of hydrogen-bond acceptors (Lipinski definition) is 8. The van der Waals surface area contributed by atoms with E-state index in [1.54, 1.807) is 19.2 Å². The molecule has 0 amide bonds. The molecular weight excluding hydrogens is 501 g/mol. The van der Waals surface area contributed by atoms with E-state index in [-0.39, 0.29) is 0 Å². The van der Waals surface area contributed by atoms with E-state index in [1.165, 1.54) is 53.0 Å². The largest absolute Gasteiger partial charge is 0.383 e. The molecular formula is C25H34N4O3S3. The second-order valence-corrected chi connectivity index (χ2v) is 13.3. The topological polar surface area (TPSA) is 83.6 Å². The van der Waals surface area contributed by atoms with Crippen molar-refractivity contribution in [3.05, 3.63) is 39.6 Å². The van der Waals surface area contributed by atoms with E-state index in [1.807, 2.05) is 17.4 Å². The summed E-state index contributed by atoms with van der Waals surface area (Å²) in [5, 5.41) is 6.57. The molecule has 35 heavy (non-hydrogen) atoms. The summed E-state index contributed by atoms with van der Waals surface area (Å²) < 4.78 is 34.8. The number of anilines is 1. The quantitative estimate of drug-likeness (QED) is 0.399. The number of nitrogens with one attached hydrogen (secondary N) is 2. The Morgan fingerprint density at radius 2 is 2.03 bits per heavy atom. The highest BCUT2D eigenvalue weighted by molar-refractivity contribution is 7.89. The minimum Gasteiger partial charge on any atom is -0.383 e. The summed E-state index contributed by atoms with van der Waals surface area (Å²) in [6, 6.07) is 5.23. The Bertz CT molecular complexity index is 1250. The van der Waals surface area contributed by atoms with Crippen LogP contribution in [0.25, 0.3) is 10.2 Å². The van der Waals surface area contributed by atoms with Crippen molar-refractivity contribution in [2.75, 3.05) is 45.2 Å². The van der Waals surface area contributed by atoms with Crippen molar-refractivity contribution >= 4 is 48.0 Å². The molecule has 7 nitrogen and oxygen atoms in total. The first-order chi connectivity index (χ1) is 17.0. The molecule has 190 valence electrons. The van der Waals surface area contributed by atoms with Gasteiger partial charge in [-0.25, -0.2) is 18.1 Å². The lowest BCUT2D eigenvalue weighted by atomic mass is 9.96. The maximum atomic E-state index is 13.0. The number of ether oxygens (including phenoxy) is 1. The molecule has 2 N–H and O–H groups in total. The molecule has 0 bridgehead atoms. The van der Waals surface area contributed by atoms with Gasteiger partial charge in [-0.2, -0.15) is 0 Å². The molecule has 1 fully saturated rings. The molecule has 0 atom stereocenters. The molecule has 0 unspecified atom stereocenters. The summed E-state index contributed by atoms with van der Waals surface area (Å²) >= 11 is 3.39. The van der Waals surface area contributed by atoms with Gasteiger partial charge >= 0.3 is 0 Å². The number of thiazole rings is 1. The Morgan fingerprint density at radius 3 is 2.86 bits per heavy atom. The zero-order chi connectivity index (χ0) is 24.3. The van der Waals surface area contributed by atoms with E-state index in [9.17, 15) is 8.42 Å². The number of piperidine rings is 1. The highest BCUT2D eigenvalue weighted by Crippen LogP contribution is 2.32. The van der Waals surface area contributed by atoms with E-state index in [2.05, 4.69) is 25.3 Å². The summed E-state index contributed by atoms with van der Waals surface area (Å²) in [5.41, 5.74) is 3.73. The maximum absolute atomic E-state index is 13.0. The zero-order valence-electron chi connectivity index (χ0n) is 20.2. The van der Waals surface area contributed by atoms with E-state index < -0.39 is 10.0 Å². The van der Waals surface area contributed by atoms with Crippen molar-refractivity contribution in [1.29, 1.82) is 0 Å². The Kier molecular flexibility index (Phi) is 8.05. The molecule has 1 aromatic carbocycles. The minimum absolute atomic E-state index is 0.310. The molecule has 0 saturated carbocycles. The second-order valence-electron chi connectivity index (χ2n) is 9.50. The molecule has 3 aromatic rings. The van der Waals surface area contributed by atoms with Crippen molar-refractivity contribution in [2.45, 2.75) is 50.0 Å². The molecule has 2 aromatic heterocycles. The Balaban J connectivity index is 1.18. The van der Waals surface area contributed by atoms with Gasteiger partial charge in [-0.05, 0) is 92.2 Å². The molecule has 0 radical (unpaired) electrons. The summed E-state index contributed by atoms with van der Waals surface area (Å²) in [6.07, 6.45) is 6.96. The van der Waals surface area contributed by atoms with Crippen LogP contribution in [0.3, 0.4) is 0 Å². The van der Waals surface area contributed by atoms with Crippen molar-refractivity contribution in [1.82, 2.24) is 14.6 Å². The van der Waals surface area contributed by atoms with Gasteiger partial charge in [0.25, 0.3) is 0 Å². The third-order valence-corrected chi connectivity index (χ3v) is 10.7. The summed E-state index contributed by atoms with van der Waals surface area (Å²) in [6.45, 7) is 4.92. The fourth-order valence-electron chi connectivity index (χ4n) is 4.97. The standard InChI is InChI=1S/C25H34N4O3S3/c1-32-13-12-29-10-8-18(9-11-29)15-27-35(30,31)20-6-7-22-24(14-20)34-25(28-22)26-16-19-17-33-23-5-3-2-4-21(19)23/h6-7,14,17-18,27H,2-5,8-13,15-16H2,1H3,(H,26,28). The Labute approximate surface area is 216 Å². The van der Waals surface area contributed by atoms with Crippen LogP contribution >= 0.6 is 22.7 Å². The van der Waals surface area contributed by atoms with Gasteiger partial charge < -0.3 is 15.0 Å². The van der Waals surface area contributed by atoms with Crippen molar-refractivity contribution in [3.8, 4) is 0 Å². The molecule has 1 aliphatic carbocycles.